The Labute approximate surface area is 202 Å². The van der Waals surface area contributed by atoms with E-state index in [2.05, 4.69) is 15.5 Å². The lowest BCUT2D eigenvalue weighted by molar-refractivity contribution is -0.113. The van der Waals surface area contributed by atoms with Crippen molar-refractivity contribution in [1.82, 2.24) is 14.9 Å². The molecule has 0 unspecified atom stereocenters. The van der Waals surface area contributed by atoms with E-state index in [9.17, 15) is 4.79 Å². The first-order chi connectivity index (χ1) is 16.6. The van der Waals surface area contributed by atoms with E-state index in [1.165, 1.54) is 16.4 Å². The van der Waals surface area contributed by atoms with Gasteiger partial charge in [-0.05, 0) is 48.9 Å². The van der Waals surface area contributed by atoms with Crippen LogP contribution in [-0.2, 0) is 11.4 Å². The van der Waals surface area contributed by atoms with E-state index in [-0.39, 0.29) is 11.7 Å². The molecule has 1 aromatic heterocycles. The van der Waals surface area contributed by atoms with Gasteiger partial charge in [0.15, 0.2) is 5.82 Å². The van der Waals surface area contributed by atoms with Crippen LogP contribution < -0.4 is 20.6 Å². The highest BCUT2D eigenvalue weighted by Gasteiger charge is 2.14. The number of hydrogen-bond acceptors (Lipinski definition) is 7. The number of benzene rings is 3. The molecule has 3 N–H and O–H groups in total. The van der Waals surface area contributed by atoms with Gasteiger partial charge in [0.2, 0.25) is 11.1 Å². The van der Waals surface area contributed by atoms with Gasteiger partial charge in [-0.2, -0.15) is 0 Å². The summed E-state index contributed by atoms with van der Waals surface area (Å²) in [6, 6.07) is 24.7. The van der Waals surface area contributed by atoms with Gasteiger partial charge in [-0.15, -0.1) is 10.2 Å². The number of thioether (sulfide) groups is 1. The molecule has 4 rings (SSSR count). The summed E-state index contributed by atoms with van der Waals surface area (Å²) in [4.78, 5) is 12.4. The first-order valence-electron chi connectivity index (χ1n) is 10.8. The number of nitrogens with zero attached hydrogens (tertiary/aromatic N) is 3. The first kappa shape index (κ1) is 23.2. The van der Waals surface area contributed by atoms with Crippen LogP contribution in [0.1, 0.15) is 12.5 Å². The van der Waals surface area contributed by atoms with E-state index in [4.69, 9.17) is 15.3 Å². The third kappa shape index (κ3) is 6.08. The summed E-state index contributed by atoms with van der Waals surface area (Å²) < 4.78 is 12.7. The van der Waals surface area contributed by atoms with Crippen molar-refractivity contribution in [2.75, 3.05) is 23.5 Å². The van der Waals surface area contributed by atoms with Gasteiger partial charge >= 0.3 is 0 Å². The second-order valence-corrected chi connectivity index (χ2v) is 8.22. The number of carbonyl (C=O) groups is 1. The second-order valence-electron chi connectivity index (χ2n) is 7.27. The monoisotopic (exact) mass is 475 g/mol. The van der Waals surface area contributed by atoms with Crippen molar-refractivity contribution in [2.24, 2.45) is 0 Å². The van der Waals surface area contributed by atoms with Gasteiger partial charge in [-0.1, -0.05) is 54.2 Å². The molecule has 1 heterocycles. The Morgan fingerprint density at radius 1 is 0.971 bits per heavy atom. The number of rotatable bonds is 10. The number of amides is 1. The normalized spacial score (nSPS) is 10.6. The smallest absolute Gasteiger partial charge is 0.234 e. The zero-order valence-electron chi connectivity index (χ0n) is 18.7. The van der Waals surface area contributed by atoms with Crippen LogP contribution in [0.5, 0.6) is 11.5 Å². The minimum atomic E-state index is -0.175. The predicted molar refractivity (Wildman–Crippen MR) is 133 cm³/mol. The molecule has 3 aromatic carbocycles. The predicted octanol–water partition coefficient (Wildman–Crippen LogP) is 4.37. The van der Waals surface area contributed by atoms with Crippen molar-refractivity contribution < 1.29 is 14.3 Å². The summed E-state index contributed by atoms with van der Waals surface area (Å²) in [7, 11) is 0. The summed E-state index contributed by atoms with van der Waals surface area (Å²) in [5.74, 6) is 8.09. The zero-order valence-corrected chi connectivity index (χ0v) is 19.5. The van der Waals surface area contributed by atoms with Crippen LogP contribution in [0.25, 0.3) is 11.4 Å². The highest BCUT2D eigenvalue weighted by molar-refractivity contribution is 7.99. The van der Waals surface area contributed by atoms with Gasteiger partial charge in [0.05, 0.1) is 12.4 Å². The second kappa shape index (κ2) is 11.2. The molecule has 174 valence electrons. The van der Waals surface area contributed by atoms with Gasteiger partial charge in [-0.25, -0.2) is 4.68 Å². The lowest BCUT2D eigenvalue weighted by Gasteiger charge is -2.09. The number of carbonyl (C=O) groups excluding carboxylic acids is 1. The molecule has 0 aliphatic heterocycles. The van der Waals surface area contributed by atoms with Crippen LogP contribution in [0.4, 0.5) is 5.69 Å². The summed E-state index contributed by atoms with van der Waals surface area (Å²) in [6.45, 7) is 2.98. The summed E-state index contributed by atoms with van der Waals surface area (Å²) >= 11 is 1.21. The Hall–Kier alpha value is -3.98. The quantitative estimate of drug-likeness (QED) is 0.259. The van der Waals surface area contributed by atoms with Crippen molar-refractivity contribution in [3.8, 4) is 22.9 Å². The molecule has 4 aromatic rings. The van der Waals surface area contributed by atoms with Crippen molar-refractivity contribution in [1.29, 1.82) is 0 Å². The molecule has 0 aliphatic rings. The number of aromatic nitrogens is 3. The molecular formula is C25H25N5O3S. The largest absolute Gasteiger partial charge is 0.494 e. The molecule has 9 heteroatoms. The number of anilines is 1. The molecule has 0 radical (unpaired) electrons. The van der Waals surface area contributed by atoms with E-state index in [1.54, 1.807) is 12.1 Å². The Kier molecular flexibility index (Phi) is 7.67. The Bertz CT molecular complexity index is 1230. The maximum absolute atomic E-state index is 12.4. The SMILES string of the molecule is CCOc1cccc(-c2nnc(SCC(=O)Nc3ccc(OCc4ccccc4)cc3)n2N)c1. The summed E-state index contributed by atoms with van der Waals surface area (Å²) in [5.41, 5.74) is 2.56. The molecule has 0 aliphatic carbocycles. The number of nitrogens with one attached hydrogen (secondary N) is 1. The highest BCUT2D eigenvalue weighted by atomic mass is 32.2. The van der Waals surface area contributed by atoms with E-state index in [0.29, 0.717) is 29.9 Å². The van der Waals surface area contributed by atoms with Crippen LogP contribution in [0.2, 0.25) is 0 Å². The van der Waals surface area contributed by atoms with E-state index >= 15 is 0 Å². The molecule has 0 saturated carbocycles. The van der Waals surface area contributed by atoms with Crippen LogP contribution in [0.3, 0.4) is 0 Å². The summed E-state index contributed by atoms with van der Waals surface area (Å²) in [5, 5.41) is 11.6. The fourth-order valence-electron chi connectivity index (χ4n) is 3.17. The molecule has 0 spiro atoms. The van der Waals surface area contributed by atoms with Crippen LogP contribution in [0.15, 0.2) is 84.0 Å². The average molecular weight is 476 g/mol. The topological polar surface area (TPSA) is 104 Å². The third-order valence-electron chi connectivity index (χ3n) is 4.79. The minimum Gasteiger partial charge on any atom is -0.494 e. The van der Waals surface area contributed by atoms with Gasteiger partial charge in [-0.3, -0.25) is 4.79 Å². The standard InChI is InChI=1S/C25H25N5O3S/c1-2-32-22-10-6-9-19(15-22)24-28-29-25(30(24)26)34-17-23(31)27-20-11-13-21(14-12-20)33-16-18-7-4-3-5-8-18/h3-15H,2,16-17,26H2,1H3,(H,27,31). The van der Waals surface area contributed by atoms with E-state index < -0.39 is 0 Å². The van der Waals surface area contributed by atoms with Crippen molar-refractivity contribution in [3.05, 3.63) is 84.4 Å². The van der Waals surface area contributed by atoms with Crippen LogP contribution >= 0.6 is 11.8 Å². The van der Waals surface area contributed by atoms with Gasteiger partial charge in [0.1, 0.15) is 18.1 Å². The average Bonchev–Trinajstić information content (AvgIpc) is 3.23. The molecular weight excluding hydrogens is 450 g/mol. The van der Waals surface area contributed by atoms with Crippen molar-refractivity contribution in [2.45, 2.75) is 18.7 Å². The maximum atomic E-state index is 12.4. The Morgan fingerprint density at radius 3 is 2.53 bits per heavy atom. The Morgan fingerprint density at radius 2 is 1.76 bits per heavy atom. The molecule has 0 bridgehead atoms. The lowest BCUT2D eigenvalue weighted by atomic mass is 10.2. The van der Waals surface area contributed by atoms with Crippen LogP contribution in [-0.4, -0.2) is 33.1 Å². The Balaban J connectivity index is 1.29. The highest BCUT2D eigenvalue weighted by Crippen LogP contribution is 2.25. The minimum absolute atomic E-state index is 0.139. The summed E-state index contributed by atoms with van der Waals surface area (Å²) in [6.07, 6.45) is 0. The van der Waals surface area contributed by atoms with Crippen molar-refractivity contribution in [3.63, 3.8) is 0 Å². The zero-order chi connectivity index (χ0) is 23.8. The van der Waals surface area contributed by atoms with Gasteiger partial charge < -0.3 is 20.6 Å². The molecule has 8 nitrogen and oxygen atoms in total. The molecule has 34 heavy (non-hydrogen) atoms. The molecule has 0 fully saturated rings. The third-order valence-corrected chi connectivity index (χ3v) is 5.73. The van der Waals surface area contributed by atoms with E-state index in [0.717, 1.165) is 22.6 Å². The molecule has 0 saturated heterocycles. The van der Waals surface area contributed by atoms with Gasteiger partial charge in [0.25, 0.3) is 0 Å². The molecule has 0 atom stereocenters. The number of hydrogen-bond donors (Lipinski definition) is 2. The molecule has 1 amide bonds. The fraction of sp³-hybridized carbons (Fsp3) is 0.160. The van der Waals surface area contributed by atoms with Gasteiger partial charge in [0, 0.05) is 11.3 Å². The van der Waals surface area contributed by atoms with Crippen molar-refractivity contribution >= 4 is 23.4 Å². The number of nitrogens with two attached hydrogens (primary N) is 1. The van der Waals surface area contributed by atoms with Crippen LogP contribution in [0, 0.1) is 0 Å². The van der Waals surface area contributed by atoms with E-state index in [1.807, 2.05) is 73.7 Å². The fourth-order valence-corrected chi connectivity index (χ4v) is 3.82. The first-order valence-corrected chi connectivity index (χ1v) is 11.7. The maximum Gasteiger partial charge on any atom is 0.234 e. The number of ether oxygens (including phenoxy) is 2. The number of nitrogen functional groups attached to an aromatic ring is 1. The lowest BCUT2D eigenvalue weighted by Crippen LogP contribution is -2.16.